The molecule has 2 aromatic carbocycles. The highest BCUT2D eigenvalue weighted by Crippen LogP contribution is 2.15. The zero-order valence-corrected chi connectivity index (χ0v) is 9.44. The van der Waals surface area contributed by atoms with Gasteiger partial charge in [-0.25, -0.2) is 4.39 Å². The van der Waals surface area contributed by atoms with E-state index in [9.17, 15) is 4.39 Å². The normalized spacial score (nSPS) is 10.6. The molecule has 0 aliphatic carbocycles. The fourth-order valence-electron chi connectivity index (χ4n) is 1.52. The molecule has 0 amide bonds. The van der Waals surface area contributed by atoms with Crippen molar-refractivity contribution in [2.75, 3.05) is 0 Å². The van der Waals surface area contributed by atoms with Crippen LogP contribution in [0.25, 0.3) is 11.6 Å². The van der Waals surface area contributed by atoms with Gasteiger partial charge in [-0.15, -0.1) is 0 Å². The van der Waals surface area contributed by atoms with E-state index in [0.29, 0.717) is 0 Å². The number of hydrogen-bond donors (Lipinski definition) is 0. The molecule has 0 radical (unpaired) electrons. The molecule has 0 saturated carbocycles. The Morgan fingerprint density at radius 3 is 2.24 bits per heavy atom. The molecule has 0 atom stereocenters. The van der Waals surface area contributed by atoms with Gasteiger partial charge in [0.05, 0.1) is 0 Å². The van der Waals surface area contributed by atoms with Crippen molar-refractivity contribution in [2.45, 2.75) is 0 Å². The lowest BCUT2D eigenvalue weighted by atomic mass is 10.1. The zero-order valence-electron chi connectivity index (χ0n) is 9.44. The summed E-state index contributed by atoms with van der Waals surface area (Å²) in [6, 6.07) is 16.3. The number of allylic oxidation sites excluding steroid dienone is 2. The van der Waals surface area contributed by atoms with Crippen molar-refractivity contribution in [3.8, 4) is 0 Å². The minimum absolute atomic E-state index is 0.218. The van der Waals surface area contributed by atoms with Crippen molar-refractivity contribution < 1.29 is 4.39 Å². The second-order valence-electron chi connectivity index (χ2n) is 3.78. The minimum atomic E-state index is -0.218. The molecule has 17 heavy (non-hydrogen) atoms. The topological polar surface area (TPSA) is 0 Å². The second-order valence-corrected chi connectivity index (χ2v) is 3.78. The predicted octanol–water partition coefficient (Wildman–Crippen LogP) is 4.55. The summed E-state index contributed by atoms with van der Waals surface area (Å²) in [6.07, 6.45) is 3.86. The molecule has 0 N–H and O–H groups in total. The SMILES string of the molecule is C=C(C=Cc1ccc(F)cc1)c1ccccc1. The summed E-state index contributed by atoms with van der Waals surface area (Å²) in [5, 5.41) is 0. The molecule has 0 unspecified atom stereocenters. The molecule has 0 spiro atoms. The van der Waals surface area contributed by atoms with Crippen LogP contribution in [0.15, 0.2) is 67.3 Å². The fraction of sp³-hybridized carbons (Fsp3) is 0. The standard InChI is InChI=1S/C16H13F/c1-13(15-5-3-2-4-6-15)7-8-14-9-11-16(17)12-10-14/h2-12H,1H2. The Morgan fingerprint density at radius 2 is 1.59 bits per heavy atom. The highest BCUT2D eigenvalue weighted by Gasteiger charge is 1.93. The Balaban J connectivity index is 2.11. The summed E-state index contributed by atoms with van der Waals surface area (Å²) < 4.78 is 12.7. The molecule has 0 aromatic heterocycles. The molecule has 0 nitrogen and oxygen atoms in total. The first kappa shape index (κ1) is 11.3. The molecule has 0 heterocycles. The molecule has 0 saturated heterocycles. The molecule has 2 aromatic rings. The lowest BCUT2D eigenvalue weighted by molar-refractivity contribution is 0.628. The van der Waals surface area contributed by atoms with Gasteiger partial charge < -0.3 is 0 Å². The van der Waals surface area contributed by atoms with Crippen LogP contribution in [0.2, 0.25) is 0 Å². The average Bonchev–Trinajstić information content (AvgIpc) is 2.39. The van der Waals surface area contributed by atoms with E-state index >= 15 is 0 Å². The largest absolute Gasteiger partial charge is 0.207 e. The summed E-state index contributed by atoms with van der Waals surface area (Å²) in [4.78, 5) is 0. The Labute approximate surface area is 101 Å². The van der Waals surface area contributed by atoms with Crippen molar-refractivity contribution in [2.24, 2.45) is 0 Å². The van der Waals surface area contributed by atoms with Gasteiger partial charge in [0.25, 0.3) is 0 Å². The maximum absolute atomic E-state index is 12.7. The van der Waals surface area contributed by atoms with Gasteiger partial charge in [0.15, 0.2) is 0 Å². The molecule has 1 heteroatoms. The first-order valence-electron chi connectivity index (χ1n) is 5.44. The third-order valence-corrected chi connectivity index (χ3v) is 2.49. The van der Waals surface area contributed by atoms with Crippen molar-refractivity contribution in [3.63, 3.8) is 0 Å². The van der Waals surface area contributed by atoms with Crippen LogP contribution in [0, 0.1) is 5.82 Å². The quantitative estimate of drug-likeness (QED) is 0.671. The molecule has 0 fully saturated rings. The van der Waals surface area contributed by atoms with Crippen molar-refractivity contribution in [3.05, 3.63) is 84.2 Å². The van der Waals surface area contributed by atoms with Gasteiger partial charge in [-0.2, -0.15) is 0 Å². The summed E-state index contributed by atoms with van der Waals surface area (Å²) in [5.41, 5.74) is 2.99. The molecule has 0 bridgehead atoms. The number of rotatable bonds is 3. The minimum Gasteiger partial charge on any atom is -0.207 e. The van der Waals surface area contributed by atoms with E-state index in [0.717, 1.165) is 16.7 Å². The molecular weight excluding hydrogens is 211 g/mol. The molecule has 84 valence electrons. The lowest BCUT2D eigenvalue weighted by Crippen LogP contribution is -1.78. The summed E-state index contributed by atoms with van der Waals surface area (Å²) in [5.74, 6) is -0.218. The predicted molar refractivity (Wildman–Crippen MR) is 70.9 cm³/mol. The van der Waals surface area contributed by atoms with Gasteiger partial charge in [-0.1, -0.05) is 61.2 Å². The van der Waals surface area contributed by atoms with E-state index in [2.05, 4.69) is 6.58 Å². The van der Waals surface area contributed by atoms with Gasteiger partial charge in [-0.3, -0.25) is 0 Å². The number of hydrogen-bond acceptors (Lipinski definition) is 0. The Morgan fingerprint density at radius 1 is 0.941 bits per heavy atom. The highest BCUT2D eigenvalue weighted by molar-refractivity contribution is 5.77. The van der Waals surface area contributed by atoms with Crippen LogP contribution >= 0.6 is 0 Å². The maximum atomic E-state index is 12.7. The monoisotopic (exact) mass is 224 g/mol. The van der Waals surface area contributed by atoms with Crippen molar-refractivity contribution in [1.29, 1.82) is 0 Å². The summed E-state index contributed by atoms with van der Waals surface area (Å²) in [6.45, 7) is 4.00. The van der Waals surface area contributed by atoms with Gasteiger partial charge in [0, 0.05) is 0 Å². The van der Waals surface area contributed by atoms with Crippen LogP contribution < -0.4 is 0 Å². The Kier molecular flexibility index (Phi) is 3.51. The van der Waals surface area contributed by atoms with Crippen LogP contribution in [0.1, 0.15) is 11.1 Å². The van der Waals surface area contributed by atoms with Crippen LogP contribution in [-0.2, 0) is 0 Å². The van der Waals surface area contributed by atoms with Crippen LogP contribution in [0.4, 0.5) is 4.39 Å². The average molecular weight is 224 g/mol. The third kappa shape index (κ3) is 3.15. The van der Waals surface area contributed by atoms with E-state index < -0.39 is 0 Å². The zero-order chi connectivity index (χ0) is 12.1. The molecule has 0 aliphatic heterocycles. The number of halogens is 1. The first-order chi connectivity index (χ1) is 8.25. The van der Waals surface area contributed by atoms with Gasteiger partial charge in [0.2, 0.25) is 0 Å². The van der Waals surface area contributed by atoms with E-state index in [1.165, 1.54) is 12.1 Å². The van der Waals surface area contributed by atoms with Crippen molar-refractivity contribution >= 4 is 11.6 Å². The second kappa shape index (κ2) is 5.26. The summed E-state index contributed by atoms with van der Waals surface area (Å²) in [7, 11) is 0. The first-order valence-corrected chi connectivity index (χ1v) is 5.44. The molecular formula is C16H13F. The third-order valence-electron chi connectivity index (χ3n) is 2.49. The van der Waals surface area contributed by atoms with Gasteiger partial charge >= 0.3 is 0 Å². The van der Waals surface area contributed by atoms with Crippen LogP contribution in [0.5, 0.6) is 0 Å². The van der Waals surface area contributed by atoms with E-state index in [-0.39, 0.29) is 5.82 Å². The molecule has 0 aliphatic rings. The van der Waals surface area contributed by atoms with Gasteiger partial charge in [0.1, 0.15) is 5.82 Å². The highest BCUT2D eigenvalue weighted by atomic mass is 19.1. The van der Waals surface area contributed by atoms with Crippen LogP contribution in [-0.4, -0.2) is 0 Å². The number of benzene rings is 2. The van der Waals surface area contributed by atoms with E-state index in [1.54, 1.807) is 12.1 Å². The van der Waals surface area contributed by atoms with Crippen LogP contribution in [0.3, 0.4) is 0 Å². The smallest absolute Gasteiger partial charge is 0.123 e. The molecule has 2 rings (SSSR count). The van der Waals surface area contributed by atoms with Crippen molar-refractivity contribution in [1.82, 2.24) is 0 Å². The maximum Gasteiger partial charge on any atom is 0.123 e. The summed E-state index contributed by atoms with van der Waals surface area (Å²) >= 11 is 0. The van der Waals surface area contributed by atoms with E-state index in [1.807, 2.05) is 42.5 Å². The Hall–Kier alpha value is -2.15. The van der Waals surface area contributed by atoms with Gasteiger partial charge in [-0.05, 0) is 28.8 Å². The Bertz CT molecular complexity index is 521. The lowest BCUT2D eigenvalue weighted by Gasteiger charge is -1.99. The van der Waals surface area contributed by atoms with E-state index in [4.69, 9.17) is 0 Å². The fourth-order valence-corrected chi connectivity index (χ4v) is 1.52.